The molecule has 0 saturated carbocycles. The molecule has 2 aromatic carbocycles. The van der Waals surface area contributed by atoms with Gasteiger partial charge in [-0.3, -0.25) is 14.5 Å². The average molecular weight is 366 g/mol. The molecule has 0 spiro atoms. The second kappa shape index (κ2) is 8.82. The van der Waals surface area contributed by atoms with E-state index >= 15 is 0 Å². The number of nitrogens with zero attached hydrogens (tertiary/aromatic N) is 2. The monoisotopic (exact) mass is 366 g/mol. The van der Waals surface area contributed by atoms with Crippen molar-refractivity contribution in [3.63, 3.8) is 0 Å². The first-order valence-electron chi connectivity index (χ1n) is 9.41. The molecule has 142 valence electrons. The number of hydrogen-bond donors (Lipinski definition) is 1. The number of carboxylic acids is 1. The lowest BCUT2D eigenvalue weighted by molar-refractivity contribution is -0.137. The first-order valence-corrected chi connectivity index (χ1v) is 9.41. The van der Waals surface area contributed by atoms with Crippen LogP contribution in [0.1, 0.15) is 40.4 Å². The van der Waals surface area contributed by atoms with Gasteiger partial charge in [0.2, 0.25) is 0 Å². The van der Waals surface area contributed by atoms with Crippen LogP contribution in [0.4, 0.5) is 0 Å². The third kappa shape index (κ3) is 4.95. The number of carboxylic acid groups (broad SMARTS) is 1. The second-order valence-corrected chi connectivity index (χ2v) is 7.06. The molecule has 0 bridgehead atoms. The number of hydrogen-bond acceptors (Lipinski definition) is 3. The second-order valence-electron chi connectivity index (χ2n) is 7.06. The normalized spacial score (nSPS) is 16.1. The number of rotatable bonds is 6. The molecule has 3 rings (SSSR count). The predicted molar refractivity (Wildman–Crippen MR) is 105 cm³/mol. The summed E-state index contributed by atoms with van der Waals surface area (Å²) in [6.07, 6.45) is 0.715. The summed E-state index contributed by atoms with van der Waals surface area (Å²) in [5.41, 5.74) is 2.95. The number of amides is 1. The molecule has 27 heavy (non-hydrogen) atoms. The van der Waals surface area contributed by atoms with Gasteiger partial charge < -0.3 is 10.0 Å². The zero-order valence-corrected chi connectivity index (χ0v) is 15.7. The number of carbonyl (C=O) groups excluding carboxylic acids is 1. The summed E-state index contributed by atoms with van der Waals surface area (Å²) >= 11 is 0. The van der Waals surface area contributed by atoms with E-state index in [2.05, 4.69) is 17.0 Å². The van der Waals surface area contributed by atoms with E-state index in [0.717, 1.165) is 29.8 Å². The van der Waals surface area contributed by atoms with Gasteiger partial charge >= 0.3 is 5.97 Å². The van der Waals surface area contributed by atoms with Gasteiger partial charge in [-0.05, 0) is 31.0 Å². The van der Waals surface area contributed by atoms with Gasteiger partial charge in [0.05, 0.1) is 0 Å². The van der Waals surface area contributed by atoms with Crippen LogP contribution in [0.2, 0.25) is 0 Å². The van der Waals surface area contributed by atoms with Crippen molar-refractivity contribution < 1.29 is 14.7 Å². The molecular weight excluding hydrogens is 340 g/mol. The number of carbonyl (C=O) groups is 2. The third-order valence-corrected chi connectivity index (χ3v) is 5.12. The van der Waals surface area contributed by atoms with Crippen molar-refractivity contribution in [1.82, 2.24) is 9.80 Å². The van der Waals surface area contributed by atoms with Crippen LogP contribution in [-0.2, 0) is 4.79 Å². The van der Waals surface area contributed by atoms with Crippen molar-refractivity contribution in [2.24, 2.45) is 0 Å². The fourth-order valence-electron chi connectivity index (χ4n) is 3.69. The van der Waals surface area contributed by atoms with Crippen LogP contribution in [0.25, 0.3) is 0 Å². The van der Waals surface area contributed by atoms with Crippen LogP contribution < -0.4 is 0 Å². The van der Waals surface area contributed by atoms with Crippen LogP contribution in [0.15, 0.2) is 54.6 Å². The van der Waals surface area contributed by atoms with Crippen LogP contribution in [0.3, 0.4) is 0 Å². The lowest BCUT2D eigenvalue weighted by atomic mass is 9.99. The highest BCUT2D eigenvalue weighted by Gasteiger charge is 2.27. The molecule has 2 aromatic rings. The number of aryl methyl sites for hydroxylation is 1. The highest BCUT2D eigenvalue weighted by molar-refractivity contribution is 5.94. The van der Waals surface area contributed by atoms with Crippen molar-refractivity contribution in [3.05, 3.63) is 71.3 Å². The van der Waals surface area contributed by atoms with Crippen LogP contribution >= 0.6 is 0 Å². The Hall–Kier alpha value is -2.66. The minimum absolute atomic E-state index is 0.0681. The van der Waals surface area contributed by atoms with Gasteiger partial charge in [-0.25, -0.2) is 0 Å². The fourth-order valence-corrected chi connectivity index (χ4v) is 3.69. The molecule has 1 aliphatic heterocycles. The molecule has 5 nitrogen and oxygen atoms in total. The molecule has 1 fully saturated rings. The van der Waals surface area contributed by atoms with Crippen molar-refractivity contribution in [3.8, 4) is 0 Å². The fraction of sp³-hybridized carbons (Fsp3) is 0.364. The largest absolute Gasteiger partial charge is 0.481 e. The summed E-state index contributed by atoms with van der Waals surface area (Å²) in [7, 11) is 0. The number of aliphatic carboxylic acids is 1. The van der Waals surface area contributed by atoms with E-state index in [-0.39, 0.29) is 18.4 Å². The van der Waals surface area contributed by atoms with Crippen molar-refractivity contribution in [2.75, 3.05) is 26.2 Å². The van der Waals surface area contributed by atoms with Crippen LogP contribution in [0, 0.1) is 6.92 Å². The Labute approximate surface area is 160 Å². The summed E-state index contributed by atoms with van der Waals surface area (Å²) in [4.78, 5) is 28.0. The van der Waals surface area contributed by atoms with Crippen molar-refractivity contribution in [2.45, 2.75) is 25.8 Å². The molecule has 0 aromatic heterocycles. The van der Waals surface area contributed by atoms with E-state index in [1.165, 1.54) is 0 Å². The molecule has 1 aliphatic rings. The topological polar surface area (TPSA) is 60.9 Å². The third-order valence-electron chi connectivity index (χ3n) is 5.12. The minimum Gasteiger partial charge on any atom is -0.481 e. The molecular formula is C22H26N2O3. The zero-order chi connectivity index (χ0) is 19.2. The van der Waals surface area contributed by atoms with Gasteiger partial charge in [-0.15, -0.1) is 0 Å². The van der Waals surface area contributed by atoms with Gasteiger partial charge in [-0.1, -0.05) is 48.0 Å². The van der Waals surface area contributed by atoms with Crippen LogP contribution in [0.5, 0.6) is 0 Å². The van der Waals surface area contributed by atoms with Gasteiger partial charge in [0.1, 0.15) is 0 Å². The van der Waals surface area contributed by atoms with E-state index in [1.807, 2.05) is 54.3 Å². The predicted octanol–water partition coefficient (Wildman–Crippen LogP) is 3.36. The van der Waals surface area contributed by atoms with Crippen LogP contribution in [-0.4, -0.2) is 53.0 Å². The Kier molecular flexibility index (Phi) is 6.24. The van der Waals surface area contributed by atoms with E-state index in [4.69, 9.17) is 5.11 Å². The summed E-state index contributed by atoms with van der Waals surface area (Å²) in [5.74, 6) is -0.704. The van der Waals surface area contributed by atoms with Crippen molar-refractivity contribution >= 4 is 11.9 Å². The van der Waals surface area contributed by atoms with Crippen molar-refractivity contribution in [1.29, 1.82) is 0 Å². The molecule has 0 aliphatic carbocycles. The average Bonchev–Trinajstić information content (AvgIpc) is 2.69. The number of piperazine rings is 1. The van der Waals surface area contributed by atoms with Gasteiger partial charge in [0.15, 0.2) is 0 Å². The Balaban J connectivity index is 1.66. The molecule has 1 heterocycles. The quantitative estimate of drug-likeness (QED) is 0.852. The summed E-state index contributed by atoms with van der Waals surface area (Å²) in [5, 5.41) is 9.10. The summed E-state index contributed by atoms with van der Waals surface area (Å²) < 4.78 is 0. The maximum absolute atomic E-state index is 12.7. The maximum Gasteiger partial charge on any atom is 0.303 e. The Morgan fingerprint density at radius 3 is 2.33 bits per heavy atom. The highest BCUT2D eigenvalue weighted by atomic mass is 16.4. The van der Waals surface area contributed by atoms with Gasteiger partial charge in [-0.2, -0.15) is 0 Å². The minimum atomic E-state index is -0.774. The first kappa shape index (κ1) is 19.1. The first-order chi connectivity index (χ1) is 13.0. The van der Waals surface area contributed by atoms with Gasteiger partial charge in [0, 0.05) is 44.2 Å². The Bertz CT molecular complexity index is 783. The molecule has 5 heteroatoms. The molecule has 0 unspecified atom stereocenters. The zero-order valence-electron chi connectivity index (χ0n) is 15.7. The molecule has 0 radical (unpaired) electrons. The summed E-state index contributed by atoms with van der Waals surface area (Å²) in [6, 6.07) is 17.8. The Morgan fingerprint density at radius 2 is 1.70 bits per heavy atom. The molecule has 1 atom stereocenters. The highest BCUT2D eigenvalue weighted by Crippen LogP contribution is 2.27. The standard InChI is InChI=1S/C22H26N2O3/c1-17-6-5-9-19(16-17)22(27)24-14-12-23(13-15-24)20(10-11-21(25)26)18-7-3-2-4-8-18/h2-9,16,20H,10-15H2,1H3,(H,25,26)/t20-/m0/s1. The molecule has 1 N–H and O–H groups in total. The lowest BCUT2D eigenvalue weighted by Crippen LogP contribution is -2.49. The molecule has 1 amide bonds. The number of benzene rings is 2. The van der Waals surface area contributed by atoms with E-state index in [0.29, 0.717) is 19.5 Å². The maximum atomic E-state index is 12.7. The lowest BCUT2D eigenvalue weighted by Gasteiger charge is -2.39. The molecule has 1 saturated heterocycles. The summed E-state index contributed by atoms with van der Waals surface area (Å²) in [6.45, 7) is 4.79. The Morgan fingerprint density at radius 1 is 1.00 bits per heavy atom. The smallest absolute Gasteiger partial charge is 0.303 e. The SMILES string of the molecule is Cc1cccc(C(=O)N2CCN([C@@H](CCC(=O)O)c3ccccc3)CC2)c1. The van der Waals surface area contributed by atoms with E-state index in [1.54, 1.807) is 0 Å². The van der Waals surface area contributed by atoms with Gasteiger partial charge in [0.25, 0.3) is 5.91 Å². The van der Waals surface area contributed by atoms with E-state index in [9.17, 15) is 9.59 Å². The van der Waals surface area contributed by atoms with E-state index < -0.39 is 5.97 Å².